The fourth-order valence-electron chi connectivity index (χ4n) is 2.64. The van der Waals surface area contributed by atoms with E-state index in [1.807, 2.05) is 0 Å². The minimum absolute atomic E-state index is 0.0626. The van der Waals surface area contributed by atoms with Crippen LogP contribution < -0.4 is 15.6 Å². The SMILES string of the molecule is Cc1[nH]n(C[NH+]2CCOCC2)c(=O)c1N=Nc1ccc(C(=O)[O-])cc1. The van der Waals surface area contributed by atoms with Crippen LogP contribution in [0.2, 0.25) is 0 Å². The quantitative estimate of drug-likeness (QED) is 0.686. The van der Waals surface area contributed by atoms with Gasteiger partial charge in [0.2, 0.25) is 0 Å². The fraction of sp³-hybridized carbons (Fsp3) is 0.375. The average molecular weight is 345 g/mol. The van der Waals surface area contributed by atoms with Gasteiger partial charge in [0.15, 0.2) is 12.4 Å². The molecule has 1 aliphatic rings. The average Bonchev–Trinajstić information content (AvgIpc) is 2.88. The van der Waals surface area contributed by atoms with Gasteiger partial charge in [-0.05, 0) is 24.6 Å². The molecule has 0 radical (unpaired) electrons. The van der Waals surface area contributed by atoms with Gasteiger partial charge in [-0.3, -0.25) is 9.89 Å². The monoisotopic (exact) mass is 345 g/mol. The summed E-state index contributed by atoms with van der Waals surface area (Å²) in [5.74, 6) is -1.25. The molecule has 0 atom stereocenters. The number of azo groups is 1. The van der Waals surface area contributed by atoms with Crippen molar-refractivity contribution in [2.75, 3.05) is 26.3 Å². The van der Waals surface area contributed by atoms with Crippen LogP contribution in [0, 0.1) is 6.92 Å². The molecule has 25 heavy (non-hydrogen) atoms. The summed E-state index contributed by atoms with van der Waals surface area (Å²) in [6.07, 6.45) is 0. The Hall–Kier alpha value is -2.78. The first kappa shape index (κ1) is 17.1. The van der Waals surface area contributed by atoms with Gasteiger partial charge >= 0.3 is 0 Å². The van der Waals surface area contributed by atoms with Crippen LogP contribution >= 0.6 is 0 Å². The number of aromatic amines is 1. The van der Waals surface area contributed by atoms with E-state index in [-0.39, 0.29) is 16.8 Å². The number of aromatic nitrogens is 2. The number of carbonyl (C=O) groups is 1. The lowest BCUT2D eigenvalue weighted by Crippen LogP contribution is -3.13. The Morgan fingerprint density at radius 3 is 2.60 bits per heavy atom. The lowest BCUT2D eigenvalue weighted by Gasteiger charge is -2.23. The van der Waals surface area contributed by atoms with Gasteiger partial charge in [-0.1, -0.05) is 12.1 Å². The Morgan fingerprint density at radius 1 is 1.28 bits per heavy atom. The third-order valence-corrected chi connectivity index (χ3v) is 4.06. The predicted octanol–water partition coefficient (Wildman–Crippen LogP) is -0.864. The van der Waals surface area contributed by atoms with Gasteiger partial charge in [-0.15, -0.1) is 5.11 Å². The van der Waals surface area contributed by atoms with Crippen LogP contribution in [0.15, 0.2) is 39.3 Å². The molecule has 1 aliphatic heterocycles. The maximum Gasteiger partial charge on any atom is 0.299 e. The molecule has 9 heteroatoms. The van der Waals surface area contributed by atoms with Gasteiger partial charge in [0, 0.05) is 0 Å². The Kier molecular flexibility index (Phi) is 5.05. The summed E-state index contributed by atoms with van der Waals surface area (Å²) in [4.78, 5) is 24.5. The highest BCUT2D eigenvalue weighted by molar-refractivity contribution is 5.86. The molecule has 9 nitrogen and oxygen atoms in total. The number of nitrogens with one attached hydrogen (secondary N) is 2. The minimum Gasteiger partial charge on any atom is -0.545 e. The summed E-state index contributed by atoms with van der Waals surface area (Å²) < 4.78 is 6.85. The van der Waals surface area contributed by atoms with Crippen LogP contribution in [0.1, 0.15) is 16.1 Å². The fourth-order valence-corrected chi connectivity index (χ4v) is 2.64. The number of hydrogen-bond acceptors (Lipinski definition) is 6. The molecule has 0 unspecified atom stereocenters. The summed E-state index contributed by atoms with van der Waals surface area (Å²) in [6.45, 7) is 5.38. The predicted molar refractivity (Wildman–Crippen MR) is 86.3 cm³/mol. The van der Waals surface area contributed by atoms with Crippen LogP contribution in [0.25, 0.3) is 0 Å². The van der Waals surface area contributed by atoms with E-state index in [1.54, 1.807) is 6.92 Å². The minimum atomic E-state index is -1.25. The number of benzene rings is 1. The molecule has 1 aromatic heterocycles. The number of carboxylic acid groups (broad SMARTS) is 1. The Labute approximate surface area is 143 Å². The van der Waals surface area contributed by atoms with Crippen LogP contribution in [0.5, 0.6) is 0 Å². The van der Waals surface area contributed by atoms with Gasteiger partial charge in [-0.25, -0.2) is 0 Å². The van der Waals surface area contributed by atoms with Crippen molar-refractivity contribution in [3.63, 3.8) is 0 Å². The van der Waals surface area contributed by atoms with Crippen molar-refractivity contribution >= 4 is 17.3 Å². The second-order valence-electron chi connectivity index (χ2n) is 5.87. The Morgan fingerprint density at radius 2 is 1.96 bits per heavy atom. The third kappa shape index (κ3) is 4.01. The van der Waals surface area contributed by atoms with Crippen LogP contribution in [0.3, 0.4) is 0 Å². The maximum atomic E-state index is 12.5. The second-order valence-corrected chi connectivity index (χ2v) is 5.87. The van der Waals surface area contributed by atoms with E-state index in [4.69, 9.17) is 4.74 Å². The smallest absolute Gasteiger partial charge is 0.299 e. The number of nitrogens with zero attached hydrogens (tertiary/aromatic N) is 3. The summed E-state index contributed by atoms with van der Waals surface area (Å²) in [7, 11) is 0. The molecule has 2 N–H and O–H groups in total. The van der Waals surface area contributed by atoms with Gasteiger partial charge in [0.1, 0.15) is 13.1 Å². The molecule has 1 saturated heterocycles. The van der Waals surface area contributed by atoms with Crippen molar-refractivity contribution in [2.24, 2.45) is 10.2 Å². The number of carboxylic acids is 1. The number of hydrogen-bond donors (Lipinski definition) is 2. The summed E-state index contributed by atoms with van der Waals surface area (Å²) in [6, 6.07) is 5.78. The molecule has 2 aromatic rings. The molecule has 0 amide bonds. The number of quaternary nitrogens is 1. The Bertz CT molecular complexity index is 831. The zero-order chi connectivity index (χ0) is 17.8. The molecule has 0 spiro atoms. The van der Waals surface area contributed by atoms with Gasteiger partial charge in [0.25, 0.3) is 5.56 Å². The summed E-state index contributed by atoms with van der Waals surface area (Å²) in [5.41, 5.74) is 1.17. The Balaban J connectivity index is 1.75. The van der Waals surface area contributed by atoms with Crippen molar-refractivity contribution in [3.05, 3.63) is 45.9 Å². The van der Waals surface area contributed by atoms with Crippen molar-refractivity contribution in [3.8, 4) is 0 Å². The molecule has 132 valence electrons. The highest BCUT2D eigenvalue weighted by Gasteiger charge is 2.18. The van der Waals surface area contributed by atoms with E-state index < -0.39 is 5.97 Å². The van der Waals surface area contributed by atoms with Crippen molar-refractivity contribution in [1.29, 1.82) is 0 Å². The van der Waals surface area contributed by atoms with E-state index in [1.165, 1.54) is 33.8 Å². The van der Waals surface area contributed by atoms with E-state index in [0.717, 1.165) is 13.1 Å². The molecule has 1 fully saturated rings. The molecule has 0 saturated carbocycles. The van der Waals surface area contributed by atoms with Gasteiger partial charge in [0.05, 0.1) is 30.6 Å². The molecule has 1 aromatic carbocycles. The normalized spacial score (nSPS) is 15.7. The standard InChI is InChI=1S/C16H19N5O4/c1-11-14(18-17-13-4-2-12(3-5-13)16(23)24)15(22)21(19-11)10-20-6-8-25-9-7-20/h2-5,19H,6-10H2,1H3,(H,23,24). The highest BCUT2D eigenvalue weighted by atomic mass is 16.5. The number of morpholine rings is 1. The number of carbonyl (C=O) groups excluding carboxylic acids is 1. The first-order valence-corrected chi connectivity index (χ1v) is 7.98. The van der Waals surface area contributed by atoms with E-state index in [9.17, 15) is 14.7 Å². The number of aryl methyl sites for hydroxylation is 1. The first-order chi connectivity index (χ1) is 12.0. The van der Waals surface area contributed by atoms with E-state index in [0.29, 0.717) is 31.3 Å². The van der Waals surface area contributed by atoms with Crippen molar-refractivity contribution < 1.29 is 19.5 Å². The zero-order valence-electron chi connectivity index (χ0n) is 13.8. The van der Waals surface area contributed by atoms with Crippen LogP contribution in [-0.2, 0) is 11.4 Å². The van der Waals surface area contributed by atoms with E-state index in [2.05, 4.69) is 15.3 Å². The molecular weight excluding hydrogens is 326 g/mol. The highest BCUT2D eigenvalue weighted by Crippen LogP contribution is 2.18. The number of H-pyrrole nitrogens is 1. The lowest BCUT2D eigenvalue weighted by molar-refractivity contribution is -0.931. The van der Waals surface area contributed by atoms with Gasteiger partial charge in [-0.2, -0.15) is 9.80 Å². The summed E-state index contributed by atoms with van der Waals surface area (Å²) in [5, 5.41) is 21.8. The van der Waals surface area contributed by atoms with Crippen LogP contribution in [-0.4, -0.2) is 42.1 Å². The molecule has 2 heterocycles. The van der Waals surface area contributed by atoms with Crippen molar-refractivity contribution in [2.45, 2.75) is 13.6 Å². The largest absolute Gasteiger partial charge is 0.545 e. The maximum absolute atomic E-state index is 12.5. The molecule has 0 bridgehead atoms. The van der Waals surface area contributed by atoms with Crippen LogP contribution in [0.4, 0.5) is 11.4 Å². The van der Waals surface area contributed by atoms with Gasteiger partial charge < -0.3 is 19.5 Å². The first-order valence-electron chi connectivity index (χ1n) is 7.98. The number of aromatic carboxylic acids is 1. The molecule has 0 aliphatic carbocycles. The van der Waals surface area contributed by atoms with Crippen molar-refractivity contribution in [1.82, 2.24) is 9.78 Å². The molecule has 3 rings (SSSR count). The zero-order valence-corrected chi connectivity index (χ0v) is 13.8. The second kappa shape index (κ2) is 7.41. The summed E-state index contributed by atoms with van der Waals surface area (Å²) >= 11 is 0. The lowest BCUT2D eigenvalue weighted by atomic mass is 10.2. The van der Waals surface area contributed by atoms with E-state index >= 15 is 0 Å². The third-order valence-electron chi connectivity index (χ3n) is 4.06. The number of ether oxygens (including phenoxy) is 1. The topological polar surface area (TPSA) is 116 Å². The number of rotatable bonds is 5. The molecular formula is C16H19N5O4.